The number of nitrogens with zero attached hydrogens (tertiary/aromatic N) is 1. The Morgan fingerprint density at radius 3 is 2.12 bits per heavy atom. The van der Waals surface area contributed by atoms with Crippen LogP contribution in [-0.2, 0) is 10.0 Å². The molecule has 0 saturated carbocycles. The fourth-order valence-electron chi connectivity index (χ4n) is 4.42. The van der Waals surface area contributed by atoms with Crippen LogP contribution in [-0.4, -0.2) is 18.5 Å². The van der Waals surface area contributed by atoms with Gasteiger partial charge in [0, 0.05) is 23.3 Å². The minimum Gasteiger partial charge on any atom is -0.289 e. The van der Waals surface area contributed by atoms with E-state index in [0.29, 0.717) is 11.3 Å². The Balaban J connectivity index is 1.82. The molecule has 4 nitrogen and oxygen atoms in total. The highest BCUT2D eigenvalue weighted by Gasteiger charge is 2.50. The molecule has 1 fully saturated rings. The number of rotatable bonds is 8. The zero-order valence-electron chi connectivity index (χ0n) is 19.0. The molecule has 3 aromatic rings. The number of sulfonamides is 1. The average molecular weight is 460 g/mol. The quantitative estimate of drug-likeness (QED) is 0.293. The third-order valence-electron chi connectivity index (χ3n) is 6.19. The van der Waals surface area contributed by atoms with Crippen molar-refractivity contribution in [1.29, 1.82) is 0 Å². The summed E-state index contributed by atoms with van der Waals surface area (Å²) in [5.74, 6) is -0.219. The minimum absolute atomic E-state index is 0.0414. The van der Waals surface area contributed by atoms with Crippen molar-refractivity contribution < 1.29 is 13.2 Å². The van der Waals surface area contributed by atoms with Crippen LogP contribution in [0.1, 0.15) is 53.7 Å². The molecule has 0 bridgehead atoms. The zero-order valence-corrected chi connectivity index (χ0v) is 19.8. The van der Waals surface area contributed by atoms with Gasteiger partial charge in [0.15, 0.2) is 5.78 Å². The van der Waals surface area contributed by atoms with Crippen LogP contribution in [0.15, 0.2) is 102 Å². The lowest BCUT2D eigenvalue weighted by atomic mass is 9.78. The monoisotopic (exact) mass is 459 g/mol. The van der Waals surface area contributed by atoms with Crippen molar-refractivity contribution in [2.45, 2.75) is 44.0 Å². The minimum atomic E-state index is -3.84. The second kappa shape index (κ2) is 9.75. The largest absolute Gasteiger partial charge is 0.289 e. The van der Waals surface area contributed by atoms with E-state index in [1.807, 2.05) is 55.5 Å². The molecule has 4 rings (SSSR count). The van der Waals surface area contributed by atoms with E-state index in [1.54, 1.807) is 36.4 Å². The number of hydrogen-bond acceptors (Lipinski definition) is 3. The van der Waals surface area contributed by atoms with Gasteiger partial charge < -0.3 is 0 Å². The van der Waals surface area contributed by atoms with Gasteiger partial charge in [-0.2, -0.15) is 0 Å². The maximum atomic E-state index is 13.8. The number of hydrogen-bond donors (Lipinski definition) is 0. The van der Waals surface area contributed by atoms with E-state index in [0.717, 1.165) is 30.4 Å². The van der Waals surface area contributed by atoms with Crippen LogP contribution >= 0.6 is 0 Å². The fourth-order valence-corrected chi connectivity index (χ4v) is 6.16. The van der Waals surface area contributed by atoms with Crippen molar-refractivity contribution in [3.8, 4) is 0 Å². The van der Waals surface area contributed by atoms with Gasteiger partial charge in [-0.15, -0.1) is 0 Å². The van der Waals surface area contributed by atoms with Gasteiger partial charge in [0.05, 0.1) is 10.9 Å². The van der Waals surface area contributed by atoms with Crippen LogP contribution in [0.25, 0.3) is 0 Å². The SMILES string of the molecule is CCCC[C@H]1/C(=C\C(=O)c2ccccc2)N(S(=O)(=O)c2ccc(C)cc2)[C@@H]1c1ccccc1. The van der Waals surface area contributed by atoms with Gasteiger partial charge in [-0.05, 0) is 31.0 Å². The van der Waals surface area contributed by atoms with Gasteiger partial charge in [0.1, 0.15) is 0 Å². The first-order valence-electron chi connectivity index (χ1n) is 11.4. The van der Waals surface area contributed by atoms with E-state index in [4.69, 9.17) is 0 Å². The third-order valence-corrected chi connectivity index (χ3v) is 8.02. The van der Waals surface area contributed by atoms with Gasteiger partial charge in [-0.25, -0.2) is 8.42 Å². The predicted octanol–water partition coefficient (Wildman–Crippen LogP) is 6.31. The summed E-state index contributed by atoms with van der Waals surface area (Å²) in [6.07, 6.45) is 4.32. The summed E-state index contributed by atoms with van der Waals surface area (Å²) < 4.78 is 29.1. The molecular formula is C28H29NO3S. The van der Waals surface area contributed by atoms with Gasteiger partial charge in [-0.1, -0.05) is 98.1 Å². The third kappa shape index (κ3) is 4.64. The maximum Gasteiger partial charge on any atom is 0.264 e. The number of benzene rings is 3. The molecule has 3 aromatic carbocycles. The Morgan fingerprint density at radius 1 is 0.909 bits per heavy atom. The van der Waals surface area contributed by atoms with E-state index in [2.05, 4.69) is 6.92 Å². The fraction of sp³-hybridized carbons (Fsp3) is 0.250. The molecule has 1 heterocycles. The molecule has 0 aliphatic carbocycles. The highest BCUT2D eigenvalue weighted by atomic mass is 32.2. The summed E-state index contributed by atoms with van der Waals surface area (Å²) in [4.78, 5) is 13.3. The molecule has 2 atom stereocenters. The highest BCUT2D eigenvalue weighted by Crippen LogP contribution is 2.52. The van der Waals surface area contributed by atoms with Gasteiger partial charge in [0.25, 0.3) is 10.0 Å². The van der Waals surface area contributed by atoms with Crippen LogP contribution in [0.5, 0.6) is 0 Å². The lowest BCUT2D eigenvalue weighted by molar-refractivity contribution is 0.103. The molecule has 170 valence electrons. The molecule has 0 unspecified atom stereocenters. The Kier molecular flexibility index (Phi) is 6.80. The smallest absolute Gasteiger partial charge is 0.264 e. The predicted molar refractivity (Wildman–Crippen MR) is 131 cm³/mol. The molecule has 0 amide bonds. The number of allylic oxidation sites excluding steroid dienone is 1. The lowest BCUT2D eigenvalue weighted by Crippen LogP contribution is -2.50. The first-order chi connectivity index (χ1) is 15.9. The lowest BCUT2D eigenvalue weighted by Gasteiger charge is -2.51. The summed E-state index contributed by atoms with van der Waals surface area (Å²) in [6, 6.07) is 25.3. The van der Waals surface area contributed by atoms with E-state index < -0.39 is 10.0 Å². The molecule has 0 radical (unpaired) electrons. The van der Waals surface area contributed by atoms with Crippen LogP contribution in [0, 0.1) is 12.8 Å². The van der Waals surface area contributed by atoms with E-state index >= 15 is 0 Å². The Bertz CT molecular complexity index is 1230. The van der Waals surface area contributed by atoms with E-state index in [-0.39, 0.29) is 22.6 Å². The van der Waals surface area contributed by atoms with E-state index in [9.17, 15) is 13.2 Å². The van der Waals surface area contributed by atoms with Gasteiger partial charge in [0.2, 0.25) is 0 Å². The molecular weight excluding hydrogens is 430 g/mol. The summed E-state index contributed by atoms with van der Waals surface area (Å²) >= 11 is 0. The molecule has 33 heavy (non-hydrogen) atoms. The standard InChI is InChI=1S/C28H29NO3S/c1-3-4-15-25-26(20-27(30)22-11-7-5-8-12-22)29(28(25)23-13-9-6-10-14-23)33(31,32)24-18-16-21(2)17-19-24/h5-14,16-20,25,28H,3-4,15H2,1-2H3/b26-20+/t25-,28+/m0/s1. The first kappa shape index (κ1) is 23.0. The number of carbonyl (C=O) groups excluding carboxylic acids is 1. The number of carbonyl (C=O) groups is 1. The number of ketones is 1. The molecule has 0 N–H and O–H groups in total. The average Bonchev–Trinajstić information content (AvgIpc) is 2.82. The summed E-state index contributed by atoms with van der Waals surface area (Å²) in [6.45, 7) is 4.05. The van der Waals surface area contributed by atoms with Gasteiger partial charge >= 0.3 is 0 Å². The zero-order chi connectivity index (χ0) is 23.4. The molecule has 0 spiro atoms. The van der Waals surface area contributed by atoms with Crippen molar-refractivity contribution in [2.75, 3.05) is 0 Å². The topological polar surface area (TPSA) is 54.5 Å². The molecule has 5 heteroatoms. The highest BCUT2D eigenvalue weighted by molar-refractivity contribution is 7.89. The summed E-state index contributed by atoms with van der Waals surface area (Å²) in [5.41, 5.74) is 3.06. The normalized spacial score (nSPS) is 19.3. The Hall–Kier alpha value is -3.18. The number of aryl methyl sites for hydroxylation is 1. The van der Waals surface area contributed by atoms with Crippen LogP contribution in [0.4, 0.5) is 0 Å². The molecule has 1 saturated heterocycles. The maximum absolute atomic E-state index is 13.8. The summed E-state index contributed by atoms with van der Waals surface area (Å²) in [5, 5.41) is 0. The van der Waals surface area contributed by atoms with Crippen molar-refractivity contribution in [2.24, 2.45) is 5.92 Å². The van der Waals surface area contributed by atoms with Crippen LogP contribution < -0.4 is 0 Å². The second-order valence-corrected chi connectivity index (χ2v) is 10.3. The number of unbranched alkanes of at least 4 members (excludes halogenated alkanes) is 1. The molecule has 1 aliphatic heterocycles. The van der Waals surface area contributed by atoms with Crippen molar-refractivity contribution in [3.63, 3.8) is 0 Å². The Labute approximate surface area is 196 Å². The summed E-state index contributed by atoms with van der Waals surface area (Å²) in [7, 11) is -3.84. The van der Waals surface area contributed by atoms with Gasteiger partial charge in [-0.3, -0.25) is 9.10 Å². The Morgan fingerprint density at radius 2 is 1.52 bits per heavy atom. The van der Waals surface area contributed by atoms with Crippen molar-refractivity contribution in [1.82, 2.24) is 4.31 Å². The molecule has 0 aromatic heterocycles. The van der Waals surface area contributed by atoms with E-state index in [1.165, 1.54) is 10.4 Å². The first-order valence-corrected chi connectivity index (χ1v) is 12.8. The van der Waals surface area contributed by atoms with Crippen molar-refractivity contribution in [3.05, 3.63) is 113 Å². The van der Waals surface area contributed by atoms with Crippen molar-refractivity contribution >= 4 is 15.8 Å². The molecule has 1 aliphatic rings. The second-order valence-electron chi connectivity index (χ2n) is 8.52. The van der Waals surface area contributed by atoms with Crippen LogP contribution in [0.3, 0.4) is 0 Å². The van der Waals surface area contributed by atoms with Crippen LogP contribution in [0.2, 0.25) is 0 Å².